The Labute approximate surface area is 92.7 Å². The molecule has 0 aromatic carbocycles. The van der Waals surface area contributed by atoms with Crippen molar-refractivity contribution >= 4 is 0 Å². The molecule has 1 aliphatic rings. The molecule has 0 aliphatic carbocycles. The fraction of sp³-hybridized carbons (Fsp3) is 0.769. The molecule has 2 atom stereocenters. The van der Waals surface area contributed by atoms with Gasteiger partial charge in [0, 0.05) is 18.4 Å². The van der Waals surface area contributed by atoms with Gasteiger partial charge in [-0.2, -0.15) is 0 Å². The molecule has 1 aromatic rings. The minimum atomic E-state index is 0.771. The van der Waals surface area contributed by atoms with Crippen molar-refractivity contribution in [2.45, 2.75) is 40.7 Å². The molecule has 0 N–H and O–H groups in total. The Bertz CT molecular complexity index is 295. The lowest BCUT2D eigenvalue weighted by Crippen LogP contribution is -2.35. The van der Waals surface area contributed by atoms with Crippen LogP contribution in [0.25, 0.3) is 0 Å². The Morgan fingerprint density at radius 3 is 2.47 bits per heavy atom. The molecule has 15 heavy (non-hydrogen) atoms. The van der Waals surface area contributed by atoms with Crippen molar-refractivity contribution in [1.29, 1.82) is 0 Å². The van der Waals surface area contributed by atoms with Crippen LogP contribution in [0.15, 0.2) is 12.5 Å². The predicted octanol–water partition coefficient (Wildman–Crippen LogP) is 2.98. The van der Waals surface area contributed by atoms with Gasteiger partial charge in [-0.25, -0.2) is 4.98 Å². The summed E-state index contributed by atoms with van der Waals surface area (Å²) in [4.78, 5) is 4.25. The number of imidazole rings is 1. The molecule has 84 valence electrons. The van der Waals surface area contributed by atoms with E-state index in [1.165, 1.54) is 12.1 Å². The first-order chi connectivity index (χ1) is 7.09. The molecule has 0 saturated carbocycles. The minimum absolute atomic E-state index is 0.771. The first kappa shape index (κ1) is 10.7. The van der Waals surface area contributed by atoms with Crippen LogP contribution in [0.4, 0.5) is 0 Å². The Morgan fingerprint density at radius 1 is 1.20 bits per heavy atom. The Hall–Kier alpha value is -0.790. The number of rotatable bonds is 2. The van der Waals surface area contributed by atoms with E-state index in [-0.39, 0.29) is 0 Å². The van der Waals surface area contributed by atoms with Gasteiger partial charge in [0.25, 0.3) is 0 Å². The molecule has 2 nitrogen and oxygen atoms in total. The highest BCUT2D eigenvalue weighted by molar-refractivity contribution is 5.05. The van der Waals surface area contributed by atoms with Crippen LogP contribution in [0, 0.1) is 23.7 Å². The Balaban J connectivity index is 2.25. The second-order valence-corrected chi connectivity index (χ2v) is 5.56. The summed E-state index contributed by atoms with van der Waals surface area (Å²) in [5.41, 5.74) is 1.42. The molecule has 2 heteroatoms. The van der Waals surface area contributed by atoms with E-state index in [9.17, 15) is 0 Å². The second kappa shape index (κ2) is 3.99. The molecule has 1 aliphatic heterocycles. The average Bonchev–Trinajstić information content (AvgIpc) is 2.61. The summed E-state index contributed by atoms with van der Waals surface area (Å²) in [7, 11) is 0. The van der Waals surface area contributed by atoms with Crippen LogP contribution in [0.2, 0.25) is 0 Å². The molecule has 0 bridgehead atoms. The molecule has 0 radical (unpaired) electrons. The maximum absolute atomic E-state index is 4.25. The number of fused-ring (bicyclic) bond motifs is 1. The highest BCUT2D eigenvalue weighted by Crippen LogP contribution is 2.35. The summed E-state index contributed by atoms with van der Waals surface area (Å²) in [5, 5.41) is 0. The molecular formula is C13H22N2. The quantitative estimate of drug-likeness (QED) is 0.727. The van der Waals surface area contributed by atoms with Gasteiger partial charge in [-0.15, -0.1) is 0 Å². The van der Waals surface area contributed by atoms with Crippen LogP contribution in [0.5, 0.6) is 0 Å². The molecule has 0 spiro atoms. The number of aromatic nitrogens is 2. The van der Waals surface area contributed by atoms with E-state index in [0.717, 1.165) is 30.2 Å². The van der Waals surface area contributed by atoms with Crippen LogP contribution >= 0.6 is 0 Å². The normalized spacial score (nSPS) is 26.0. The number of nitrogens with zero attached hydrogens (tertiary/aromatic N) is 2. The topological polar surface area (TPSA) is 17.8 Å². The molecule has 2 rings (SSSR count). The van der Waals surface area contributed by atoms with Crippen LogP contribution in [0.1, 0.15) is 33.4 Å². The maximum Gasteiger partial charge on any atom is 0.0948 e. The third kappa shape index (κ3) is 1.95. The van der Waals surface area contributed by atoms with E-state index in [1.54, 1.807) is 0 Å². The summed E-state index contributed by atoms with van der Waals surface area (Å²) >= 11 is 0. The van der Waals surface area contributed by atoms with E-state index in [0.29, 0.717) is 0 Å². The van der Waals surface area contributed by atoms with Gasteiger partial charge >= 0.3 is 0 Å². The van der Waals surface area contributed by atoms with E-state index in [1.807, 2.05) is 12.5 Å². The molecule has 1 aromatic heterocycles. The van der Waals surface area contributed by atoms with Crippen molar-refractivity contribution < 1.29 is 0 Å². The van der Waals surface area contributed by atoms with E-state index in [2.05, 4.69) is 37.2 Å². The first-order valence-corrected chi connectivity index (χ1v) is 6.08. The fourth-order valence-electron chi connectivity index (χ4n) is 2.87. The molecular weight excluding hydrogens is 184 g/mol. The second-order valence-electron chi connectivity index (χ2n) is 5.56. The van der Waals surface area contributed by atoms with Gasteiger partial charge in [-0.1, -0.05) is 27.7 Å². The first-order valence-electron chi connectivity index (χ1n) is 6.08. The highest BCUT2D eigenvalue weighted by Gasteiger charge is 2.32. The van der Waals surface area contributed by atoms with Gasteiger partial charge in [-0.05, 0) is 30.1 Å². The average molecular weight is 206 g/mol. The SMILES string of the molecule is CC(C)C1Cc2cncn2CC1C(C)C. The van der Waals surface area contributed by atoms with Crippen molar-refractivity contribution in [1.82, 2.24) is 9.55 Å². The lowest BCUT2D eigenvalue weighted by Gasteiger charge is -2.37. The van der Waals surface area contributed by atoms with E-state index < -0.39 is 0 Å². The molecule has 2 heterocycles. The van der Waals surface area contributed by atoms with E-state index in [4.69, 9.17) is 0 Å². The van der Waals surface area contributed by atoms with Gasteiger partial charge < -0.3 is 4.57 Å². The van der Waals surface area contributed by atoms with Gasteiger partial charge in [0.1, 0.15) is 0 Å². The van der Waals surface area contributed by atoms with Gasteiger partial charge in [0.15, 0.2) is 0 Å². The lowest BCUT2D eigenvalue weighted by atomic mass is 9.73. The zero-order chi connectivity index (χ0) is 11.0. The third-order valence-corrected chi connectivity index (χ3v) is 3.91. The summed E-state index contributed by atoms with van der Waals surface area (Å²) in [6, 6.07) is 0. The number of hydrogen-bond donors (Lipinski definition) is 0. The molecule has 0 amide bonds. The van der Waals surface area contributed by atoms with Crippen molar-refractivity contribution in [2.24, 2.45) is 23.7 Å². The highest BCUT2D eigenvalue weighted by atomic mass is 15.1. The lowest BCUT2D eigenvalue weighted by molar-refractivity contribution is 0.147. The monoisotopic (exact) mass is 206 g/mol. The largest absolute Gasteiger partial charge is 0.334 e. The summed E-state index contributed by atoms with van der Waals surface area (Å²) in [6.45, 7) is 10.6. The predicted molar refractivity (Wildman–Crippen MR) is 62.6 cm³/mol. The van der Waals surface area contributed by atoms with Gasteiger partial charge in [0.2, 0.25) is 0 Å². The Morgan fingerprint density at radius 2 is 1.87 bits per heavy atom. The third-order valence-electron chi connectivity index (χ3n) is 3.91. The smallest absolute Gasteiger partial charge is 0.0948 e. The fourth-order valence-corrected chi connectivity index (χ4v) is 2.87. The van der Waals surface area contributed by atoms with Crippen LogP contribution < -0.4 is 0 Å². The summed E-state index contributed by atoms with van der Waals surface area (Å²) in [5.74, 6) is 3.19. The maximum atomic E-state index is 4.25. The van der Waals surface area contributed by atoms with Crippen LogP contribution in [-0.2, 0) is 13.0 Å². The standard InChI is InChI=1S/C13H22N2/c1-9(2)12-5-11-6-14-8-15(11)7-13(12)10(3)4/h6,8-10,12-13H,5,7H2,1-4H3. The summed E-state index contributed by atoms with van der Waals surface area (Å²) in [6.07, 6.45) is 5.23. The zero-order valence-electron chi connectivity index (χ0n) is 10.3. The van der Waals surface area contributed by atoms with Crippen LogP contribution in [-0.4, -0.2) is 9.55 Å². The molecule has 2 unspecified atom stereocenters. The number of hydrogen-bond acceptors (Lipinski definition) is 1. The van der Waals surface area contributed by atoms with E-state index >= 15 is 0 Å². The van der Waals surface area contributed by atoms with Crippen molar-refractivity contribution in [2.75, 3.05) is 0 Å². The Kier molecular flexibility index (Phi) is 2.85. The van der Waals surface area contributed by atoms with Gasteiger partial charge in [0.05, 0.1) is 6.33 Å². The van der Waals surface area contributed by atoms with Crippen molar-refractivity contribution in [3.8, 4) is 0 Å². The minimum Gasteiger partial charge on any atom is -0.334 e. The van der Waals surface area contributed by atoms with Gasteiger partial charge in [-0.3, -0.25) is 0 Å². The molecule has 0 saturated heterocycles. The van der Waals surface area contributed by atoms with Crippen LogP contribution in [0.3, 0.4) is 0 Å². The zero-order valence-corrected chi connectivity index (χ0v) is 10.3. The van der Waals surface area contributed by atoms with Crippen molar-refractivity contribution in [3.63, 3.8) is 0 Å². The summed E-state index contributed by atoms with van der Waals surface area (Å²) < 4.78 is 2.34. The van der Waals surface area contributed by atoms with Crippen molar-refractivity contribution in [3.05, 3.63) is 18.2 Å². The molecule has 0 fully saturated rings.